The number of Topliss-reactive ketones (excluding diaryl/α,β-unsaturated/α-hetero) is 1. The number of rotatable bonds is 7. The zero-order valence-electron chi connectivity index (χ0n) is 8.82. The second kappa shape index (κ2) is 6.11. The molecule has 0 saturated heterocycles. The molecule has 4 nitrogen and oxygen atoms in total. The van der Waals surface area contributed by atoms with Crippen molar-refractivity contribution in [1.82, 2.24) is 0 Å². The lowest BCUT2D eigenvalue weighted by atomic mass is 9.90. The van der Waals surface area contributed by atoms with Crippen molar-refractivity contribution in [1.29, 1.82) is 0 Å². The Hall–Kier alpha value is -0.450. The highest BCUT2D eigenvalue weighted by Crippen LogP contribution is 2.22. The lowest BCUT2D eigenvalue weighted by molar-refractivity contribution is -0.167. The fourth-order valence-electron chi connectivity index (χ4n) is 1.34. The number of hydrogen-bond acceptors (Lipinski definition) is 4. The molecule has 0 amide bonds. The van der Waals surface area contributed by atoms with E-state index >= 15 is 0 Å². The molecule has 82 valence electrons. The van der Waals surface area contributed by atoms with Crippen molar-refractivity contribution in [2.45, 2.75) is 32.0 Å². The van der Waals surface area contributed by atoms with Crippen molar-refractivity contribution in [2.75, 3.05) is 26.9 Å². The summed E-state index contributed by atoms with van der Waals surface area (Å²) in [5, 5.41) is 0. The summed E-state index contributed by atoms with van der Waals surface area (Å²) in [4.78, 5) is 11.2. The van der Waals surface area contributed by atoms with Gasteiger partial charge in [0.25, 0.3) is 0 Å². The molecule has 1 aliphatic rings. The van der Waals surface area contributed by atoms with E-state index in [1.807, 2.05) is 6.92 Å². The van der Waals surface area contributed by atoms with Gasteiger partial charge < -0.3 is 14.2 Å². The maximum atomic E-state index is 11.2. The average Bonchev–Trinajstić information content (AvgIpc) is 2.19. The van der Waals surface area contributed by atoms with Gasteiger partial charge in [0.1, 0.15) is 6.10 Å². The van der Waals surface area contributed by atoms with Crippen LogP contribution in [0.15, 0.2) is 0 Å². The number of hydrogen-bond donors (Lipinski definition) is 0. The molecular weight excluding hydrogens is 184 g/mol. The minimum atomic E-state index is -0.350. The van der Waals surface area contributed by atoms with Crippen LogP contribution in [0.4, 0.5) is 0 Å². The molecule has 0 aliphatic heterocycles. The predicted octanol–water partition coefficient (Wildman–Crippen LogP) is 0.786. The highest BCUT2D eigenvalue weighted by Gasteiger charge is 2.41. The Morgan fingerprint density at radius 1 is 1.29 bits per heavy atom. The largest absolute Gasteiger partial charge is 0.382 e. The molecule has 0 aromatic carbocycles. The number of ketones is 1. The lowest BCUT2D eigenvalue weighted by Gasteiger charge is -2.34. The van der Waals surface area contributed by atoms with Crippen molar-refractivity contribution < 1.29 is 19.0 Å². The Morgan fingerprint density at radius 3 is 2.64 bits per heavy atom. The molecule has 14 heavy (non-hydrogen) atoms. The normalized spacial score (nSPS) is 26.3. The van der Waals surface area contributed by atoms with E-state index in [9.17, 15) is 4.79 Å². The minimum Gasteiger partial charge on any atom is -0.382 e. The van der Waals surface area contributed by atoms with Crippen LogP contribution in [0, 0.1) is 0 Å². The van der Waals surface area contributed by atoms with Crippen LogP contribution in [0.25, 0.3) is 0 Å². The molecule has 1 aliphatic carbocycles. The van der Waals surface area contributed by atoms with Crippen molar-refractivity contribution in [3.63, 3.8) is 0 Å². The standard InChI is InChI=1S/C10H18O4/c1-3-4-13-9-7-8(11)10(9)14-6-5-12-2/h9-10H,3-7H2,1-2H3. The predicted molar refractivity (Wildman–Crippen MR) is 51.3 cm³/mol. The summed E-state index contributed by atoms with van der Waals surface area (Å²) in [5.41, 5.74) is 0. The maximum Gasteiger partial charge on any atom is 0.166 e. The van der Waals surface area contributed by atoms with E-state index < -0.39 is 0 Å². The van der Waals surface area contributed by atoms with Crippen LogP contribution in [-0.2, 0) is 19.0 Å². The summed E-state index contributed by atoms with van der Waals surface area (Å²) in [6.45, 7) is 3.71. The molecule has 0 aromatic rings. The maximum absolute atomic E-state index is 11.2. The summed E-state index contributed by atoms with van der Waals surface area (Å²) in [5.74, 6) is 0.141. The van der Waals surface area contributed by atoms with Crippen molar-refractivity contribution in [3.05, 3.63) is 0 Å². The van der Waals surface area contributed by atoms with Crippen LogP contribution in [0.5, 0.6) is 0 Å². The molecule has 0 spiro atoms. The Morgan fingerprint density at radius 2 is 2.07 bits per heavy atom. The summed E-state index contributed by atoms with van der Waals surface area (Å²) in [6, 6.07) is 0. The lowest BCUT2D eigenvalue weighted by Crippen LogP contribution is -2.50. The third kappa shape index (κ3) is 3.04. The van der Waals surface area contributed by atoms with E-state index in [0.717, 1.165) is 6.42 Å². The quantitative estimate of drug-likeness (QED) is 0.572. The molecule has 1 fully saturated rings. The average molecular weight is 202 g/mol. The first-order chi connectivity index (χ1) is 6.79. The topological polar surface area (TPSA) is 44.8 Å². The Balaban J connectivity index is 2.16. The van der Waals surface area contributed by atoms with Gasteiger partial charge in [-0.3, -0.25) is 4.79 Å². The number of ether oxygens (including phenoxy) is 3. The van der Waals surface area contributed by atoms with Crippen LogP contribution < -0.4 is 0 Å². The van der Waals surface area contributed by atoms with Crippen molar-refractivity contribution >= 4 is 5.78 Å². The van der Waals surface area contributed by atoms with Gasteiger partial charge in [-0.05, 0) is 6.42 Å². The Bertz CT molecular complexity index is 181. The molecular formula is C10H18O4. The monoisotopic (exact) mass is 202 g/mol. The first kappa shape index (κ1) is 11.6. The van der Waals surface area contributed by atoms with Crippen LogP contribution in [0.3, 0.4) is 0 Å². The number of carbonyl (C=O) groups excluding carboxylic acids is 1. The second-order valence-corrected chi connectivity index (χ2v) is 3.36. The van der Waals surface area contributed by atoms with E-state index in [0.29, 0.717) is 26.2 Å². The SMILES string of the molecule is CCCOC1CC(=O)C1OCCOC. The van der Waals surface area contributed by atoms with Gasteiger partial charge in [-0.15, -0.1) is 0 Å². The molecule has 1 rings (SSSR count). The molecule has 4 heteroatoms. The minimum absolute atomic E-state index is 0.0284. The van der Waals surface area contributed by atoms with Crippen LogP contribution in [0.2, 0.25) is 0 Å². The van der Waals surface area contributed by atoms with Gasteiger partial charge in [-0.2, -0.15) is 0 Å². The van der Waals surface area contributed by atoms with Crippen molar-refractivity contribution in [2.24, 2.45) is 0 Å². The molecule has 2 unspecified atom stereocenters. The molecule has 0 N–H and O–H groups in total. The third-order valence-electron chi connectivity index (χ3n) is 2.18. The zero-order valence-corrected chi connectivity index (χ0v) is 8.82. The van der Waals surface area contributed by atoms with Gasteiger partial charge in [0.15, 0.2) is 5.78 Å². The van der Waals surface area contributed by atoms with E-state index in [2.05, 4.69) is 0 Å². The third-order valence-corrected chi connectivity index (χ3v) is 2.18. The van der Waals surface area contributed by atoms with Crippen LogP contribution in [-0.4, -0.2) is 44.9 Å². The van der Waals surface area contributed by atoms with Crippen LogP contribution >= 0.6 is 0 Å². The second-order valence-electron chi connectivity index (χ2n) is 3.36. The van der Waals surface area contributed by atoms with Gasteiger partial charge in [0.2, 0.25) is 0 Å². The first-order valence-corrected chi connectivity index (χ1v) is 5.04. The fraction of sp³-hybridized carbons (Fsp3) is 0.900. The molecule has 0 radical (unpaired) electrons. The zero-order chi connectivity index (χ0) is 10.4. The van der Waals surface area contributed by atoms with Gasteiger partial charge in [-0.1, -0.05) is 6.92 Å². The first-order valence-electron chi connectivity index (χ1n) is 5.04. The number of carbonyl (C=O) groups is 1. The fourth-order valence-corrected chi connectivity index (χ4v) is 1.34. The van der Waals surface area contributed by atoms with Gasteiger partial charge >= 0.3 is 0 Å². The number of methoxy groups -OCH3 is 1. The van der Waals surface area contributed by atoms with Gasteiger partial charge in [-0.25, -0.2) is 0 Å². The summed E-state index contributed by atoms with van der Waals surface area (Å²) in [7, 11) is 1.61. The Kier molecular flexibility index (Phi) is 5.07. The molecule has 0 aromatic heterocycles. The van der Waals surface area contributed by atoms with Crippen LogP contribution in [0.1, 0.15) is 19.8 Å². The van der Waals surface area contributed by atoms with E-state index in [1.165, 1.54) is 0 Å². The van der Waals surface area contributed by atoms with E-state index in [-0.39, 0.29) is 18.0 Å². The van der Waals surface area contributed by atoms with Gasteiger partial charge in [0, 0.05) is 20.1 Å². The van der Waals surface area contributed by atoms with E-state index in [4.69, 9.17) is 14.2 Å². The highest BCUT2D eigenvalue weighted by molar-refractivity contribution is 5.90. The smallest absolute Gasteiger partial charge is 0.166 e. The molecule has 2 atom stereocenters. The molecule has 0 bridgehead atoms. The molecule has 0 heterocycles. The molecule has 1 saturated carbocycles. The van der Waals surface area contributed by atoms with E-state index in [1.54, 1.807) is 7.11 Å². The summed E-state index contributed by atoms with van der Waals surface area (Å²) >= 11 is 0. The highest BCUT2D eigenvalue weighted by atomic mass is 16.6. The summed E-state index contributed by atoms with van der Waals surface area (Å²) < 4.78 is 15.6. The van der Waals surface area contributed by atoms with Crippen molar-refractivity contribution in [3.8, 4) is 0 Å². The summed E-state index contributed by atoms with van der Waals surface area (Å²) in [6.07, 6.45) is 1.09. The van der Waals surface area contributed by atoms with Gasteiger partial charge in [0.05, 0.1) is 19.3 Å². The Labute approximate surface area is 84.5 Å².